The van der Waals surface area contributed by atoms with E-state index in [2.05, 4.69) is 26.2 Å². The fourth-order valence-electron chi connectivity index (χ4n) is 1.33. The third-order valence-electron chi connectivity index (χ3n) is 1.97. The van der Waals surface area contributed by atoms with E-state index in [4.69, 9.17) is 4.74 Å². The van der Waals surface area contributed by atoms with Gasteiger partial charge < -0.3 is 10.1 Å². The summed E-state index contributed by atoms with van der Waals surface area (Å²) in [5.41, 5.74) is 0.582. The highest BCUT2D eigenvalue weighted by atomic mass is 79.9. The monoisotopic (exact) mass is 256 g/mol. The summed E-state index contributed by atoms with van der Waals surface area (Å²) in [6, 6.07) is 1.68. The van der Waals surface area contributed by atoms with Gasteiger partial charge in [0.2, 0.25) is 0 Å². The fraction of sp³-hybridized carbons (Fsp3) is 0.333. The number of carbonyl (C=O) groups excluding carboxylic acids is 1. The average molecular weight is 257 g/mol. The molecule has 0 unspecified atom stereocenters. The number of alkyl halides is 1. The normalized spacial score (nSPS) is 13.8. The fourth-order valence-corrected chi connectivity index (χ4v) is 1.64. The zero-order chi connectivity index (χ0) is 9.97. The number of nitrogens with zero attached hydrogens (tertiary/aromatic N) is 1. The maximum Gasteiger partial charge on any atom is 0.177 e. The molecule has 0 amide bonds. The molecule has 5 heteroatoms. The Kier molecular flexibility index (Phi) is 2.67. The number of ether oxygens (including phenoxy) is 1. The molecule has 1 N–H and O–H groups in total. The maximum absolute atomic E-state index is 11.5. The molecule has 0 aromatic carbocycles. The quantitative estimate of drug-likeness (QED) is 0.643. The highest BCUT2D eigenvalue weighted by Crippen LogP contribution is 2.29. The number of Topliss-reactive ketones (excluding diaryl/α,β-unsaturated/α-hetero) is 1. The second kappa shape index (κ2) is 3.96. The number of pyridine rings is 1. The zero-order valence-electron chi connectivity index (χ0n) is 7.42. The molecule has 0 saturated carbocycles. The van der Waals surface area contributed by atoms with E-state index >= 15 is 0 Å². The van der Waals surface area contributed by atoms with E-state index in [-0.39, 0.29) is 5.78 Å². The van der Waals surface area contributed by atoms with Crippen molar-refractivity contribution in [2.75, 3.05) is 23.8 Å². The smallest absolute Gasteiger partial charge is 0.177 e. The molecule has 2 rings (SSSR count). The van der Waals surface area contributed by atoms with Gasteiger partial charge in [-0.05, 0) is 6.07 Å². The van der Waals surface area contributed by atoms with Crippen molar-refractivity contribution < 1.29 is 9.53 Å². The number of fused-ring (bicyclic) bond motifs is 1. The minimum absolute atomic E-state index is 0.00681. The summed E-state index contributed by atoms with van der Waals surface area (Å²) in [6.07, 6.45) is 1.61. The lowest BCUT2D eigenvalue weighted by Gasteiger charge is -2.19. The van der Waals surface area contributed by atoms with Crippen LogP contribution in [0.25, 0.3) is 0 Å². The Morgan fingerprint density at radius 3 is 3.36 bits per heavy atom. The zero-order valence-corrected chi connectivity index (χ0v) is 9.00. The van der Waals surface area contributed by atoms with Crippen molar-refractivity contribution in [3.8, 4) is 5.75 Å². The average Bonchev–Trinajstić information content (AvgIpc) is 2.27. The summed E-state index contributed by atoms with van der Waals surface area (Å²) < 4.78 is 5.41. The Morgan fingerprint density at radius 1 is 1.71 bits per heavy atom. The van der Waals surface area contributed by atoms with Gasteiger partial charge in [0.1, 0.15) is 6.61 Å². The molecular weight excluding hydrogens is 248 g/mol. The predicted octanol–water partition coefficient (Wildman–Crippen LogP) is 1.46. The molecule has 74 valence electrons. The van der Waals surface area contributed by atoms with Crippen LogP contribution in [0.2, 0.25) is 0 Å². The van der Waals surface area contributed by atoms with Gasteiger partial charge in [0, 0.05) is 6.20 Å². The number of nitrogens with one attached hydrogen (secondary N) is 1. The summed E-state index contributed by atoms with van der Waals surface area (Å²) in [4.78, 5) is 15.6. The molecule has 0 fully saturated rings. The molecule has 1 aromatic heterocycles. The molecule has 0 bridgehead atoms. The number of halogens is 1. The van der Waals surface area contributed by atoms with E-state index < -0.39 is 0 Å². The molecule has 1 aromatic rings. The number of ketones is 1. The van der Waals surface area contributed by atoms with Crippen LogP contribution in [0.5, 0.6) is 5.75 Å². The molecule has 2 heterocycles. The first-order valence-corrected chi connectivity index (χ1v) is 5.40. The van der Waals surface area contributed by atoms with Crippen molar-refractivity contribution >= 4 is 27.5 Å². The number of carbonyl (C=O) groups is 1. The van der Waals surface area contributed by atoms with Crippen LogP contribution in [0.3, 0.4) is 0 Å². The van der Waals surface area contributed by atoms with E-state index in [0.717, 1.165) is 6.54 Å². The summed E-state index contributed by atoms with van der Waals surface area (Å²) in [6.45, 7) is 1.30. The van der Waals surface area contributed by atoms with Gasteiger partial charge in [-0.25, -0.2) is 4.98 Å². The number of anilines is 1. The lowest BCUT2D eigenvalue weighted by molar-refractivity contribution is 0.101. The molecule has 0 radical (unpaired) electrons. The van der Waals surface area contributed by atoms with Crippen LogP contribution in [0, 0.1) is 0 Å². The van der Waals surface area contributed by atoms with Gasteiger partial charge >= 0.3 is 0 Å². The molecule has 0 aliphatic carbocycles. The van der Waals surface area contributed by atoms with Crippen LogP contribution in [0.4, 0.5) is 5.82 Å². The maximum atomic E-state index is 11.5. The van der Waals surface area contributed by atoms with Gasteiger partial charge in [-0.1, -0.05) is 15.9 Å². The predicted molar refractivity (Wildman–Crippen MR) is 56.3 cm³/mol. The summed E-state index contributed by atoms with van der Waals surface area (Å²) in [5, 5.41) is 3.38. The van der Waals surface area contributed by atoms with Crippen LogP contribution in [0.1, 0.15) is 10.4 Å². The topological polar surface area (TPSA) is 51.2 Å². The number of hydrogen-bond acceptors (Lipinski definition) is 4. The van der Waals surface area contributed by atoms with Crippen LogP contribution in [-0.2, 0) is 0 Å². The Labute approximate surface area is 89.8 Å². The van der Waals surface area contributed by atoms with Crippen LogP contribution >= 0.6 is 15.9 Å². The van der Waals surface area contributed by atoms with Crippen LogP contribution in [0.15, 0.2) is 12.3 Å². The Hall–Kier alpha value is -1.10. The third-order valence-corrected chi connectivity index (χ3v) is 2.48. The highest BCUT2D eigenvalue weighted by molar-refractivity contribution is 9.09. The van der Waals surface area contributed by atoms with E-state index in [1.807, 2.05) is 0 Å². The highest BCUT2D eigenvalue weighted by Gasteiger charge is 2.18. The number of hydrogen-bond donors (Lipinski definition) is 1. The van der Waals surface area contributed by atoms with Gasteiger partial charge in [0.15, 0.2) is 17.4 Å². The van der Waals surface area contributed by atoms with Gasteiger partial charge in [-0.2, -0.15) is 0 Å². The van der Waals surface area contributed by atoms with Crippen molar-refractivity contribution in [1.29, 1.82) is 0 Å². The van der Waals surface area contributed by atoms with E-state index in [1.54, 1.807) is 12.3 Å². The first-order chi connectivity index (χ1) is 6.83. The van der Waals surface area contributed by atoms with Gasteiger partial charge in [-0.15, -0.1) is 0 Å². The third kappa shape index (κ3) is 1.59. The first-order valence-electron chi connectivity index (χ1n) is 4.28. The SMILES string of the molecule is O=C(CBr)c1ccnc2c1OCCN2. The Balaban J connectivity index is 2.45. The molecule has 0 saturated heterocycles. The molecule has 4 nitrogen and oxygen atoms in total. The molecule has 0 atom stereocenters. The van der Waals surface area contributed by atoms with Crippen molar-refractivity contribution in [2.45, 2.75) is 0 Å². The number of aromatic nitrogens is 1. The molecule has 0 spiro atoms. The van der Waals surface area contributed by atoms with Gasteiger partial charge in [0.05, 0.1) is 17.4 Å². The lowest BCUT2D eigenvalue weighted by atomic mass is 10.1. The molecule has 1 aliphatic heterocycles. The second-order valence-corrected chi connectivity index (χ2v) is 3.43. The minimum atomic E-state index is 0.00681. The van der Waals surface area contributed by atoms with Crippen molar-refractivity contribution in [3.05, 3.63) is 17.8 Å². The number of rotatable bonds is 2. The molecule has 14 heavy (non-hydrogen) atoms. The van der Waals surface area contributed by atoms with Gasteiger partial charge in [-0.3, -0.25) is 4.79 Å². The van der Waals surface area contributed by atoms with E-state index in [0.29, 0.717) is 29.1 Å². The first kappa shape index (κ1) is 9.45. The van der Waals surface area contributed by atoms with Crippen molar-refractivity contribution in [2.24, 2.45) is 0 Å². The van der Waals surface area contributed by atoms with Crippen molar-refractivity contribution in [1.82, 2.24) is 4.98 Å². The van der Waals surface area contributed by atoms with Crippen molar-refractivity contribution in [3.63, 3.8) is 0 Å². The largest absolute Gasteiger partial charge is 0.487 e. The van der Waals surface area contributed by atoms with Crippen LogP contribution in [-0.4, -0.2) is 29.2 Å². The minimum Gasteiger partial charge on any atom is -0.487 e. The summed E-state index contributed by atoms with van der Waals surface area (Å²) in [7, 11) is 0. The second-order valence-electron chi connectivity index (χ2n) is 2.87. The van der Waals surface area contributed by atoms with E-state index in [9.17, 15) is 4.79 Å². The van der Waals surface area contributed by atoms with Crippen LogP contribution < -0.4 is 10.1 Å². The summed E-state index contributed by atoms with van der Waals surface area (Å²) >= 11 is 3.13. The lowest BCUT2D eigenvalue weighted by Crippen LogP contribution is -2.21. The molecule has 1 aliphatic rings. The summed E-state index contributed by atoms with van der Waals surface area (Å²) in [5.74, 6) is 1.23. The Bertz CT molecular complexity index is 368. The Morgan fingerprint density at radius 2 is 2.57 bits per heavy atom. The van der Waals surface area contributed by atoms with E-state index in [1.165, 1.54) is 0 Å². The molecular formula is C9H9BrN2O2. The standard InChI is InChI=1S/C9H9BrN2O2/c10-5-7(13)6-1-2-11-9-8(6)14-4-3-12-9/h1-2H,3-5H2,(H,11,12). The van der Waals surface area contributed by atoms with Gasteiger partial charge in [0.25, 0.3) is 0 Å².